The molecule has 2 aromatic carbocycles. The monoisotopic (exact) mass is 476 g/mol. The van der Waals surface area contributed by atoms with Crippen LogP contribution in [-0.2, 0) is 11.2 Å². The van der Waals surface area contributed by atoms with E-state index in [1.807, 2.05) is 35.2 Å². The maximum Gasteiger partial charge on any atom is 0.253 e. The third-order valence-corrected chi connectivity index (χ3v) is 6.19. The van der Waals surface area contributed by atoms with Gasteiger partial charge in [0.05, 0.1) is 17.8 Å². The molecule has 2 amide bonds. The molecule has 0 bridgehead atoms. The molecule has 2 aliphatic heterocycles. The molecule has 1 fully saturated rings. The molecule has 174 valence electrons. The summed E-state index contributed by atoms with van der Waals surface area (Å²) in [5.41, 5.74) is 4.24. The number of rotatable bonds is 3. The van der Waals surface area contributed by atoms with Crippen LogP contribution < -0.4 is 16.0 Å². The number of halogens is 1. The summed E-state index contributed by atoms with van der Waals surface area (Å²) >= 11 is 6.12. The Morgan fingerprint density at radius 2 is 1.85 bits per heavy atom. The fraction of sp³-hybridized carbons (Fsp3) is 0.280. The van der Waals surface area contributed by atoms with Crippen molar-refractivity contribution in [2.75, 3.05) is 23.7 Å². The van der Waals surface area contributed by atoms with Gasteiger partial charge in [-0.05, 0) is 56.3 Å². The quantitative estimate of drug-likeness (QED) is 0.531. The largest absolute Gasteiger partial charge is 0.336 e. The number of carbonyl (C=O) groups excluding carboxylic acids is 2. The van der Waals surface area contributed by atoms with Crippen LogP contribution in [0.5, 0.6) is 0 Å². The second-order valence-corrected chi connectivity index (χ2v) is 9.30. The van der Waals surface area contributed by atoms with Gasteiger partial charge in [-0.15, -0.1) is 0 Å². The van der Waals surface area contributed by atoms with Crippen molar-refractivity contribution < 1.29 is 9.59 Å². The van der Waals surface area contributed by atoms with Crippen LogP contribution >= 0.6 is 11.6 Å². The lowest BCUT2D eigenvalue weighted by Gasteiger charge is -2.36. The number of aromatic nitrogens is 2. The van der Waals surface area contributed by atoms with E-state index in [1.54, 1.807) is 18.3 Å². The van der Waals surface area contributed by atoms with Gasteiger partial charge in [-0.1, -0.05) is 11.6 Å². The van der Waals surface area contributed by atoms with E-state index in [2.05, 4.69) is 39.8 Å². The second-order valence-electron chi connectivity index (χ2n) is 8.86. The Labute approximate surface area is 202 Å². The molecule has 0 saturated carbocycles. The van der Waals surface area contributed by atoms with Crippen molar-refractivity contribution in [1.82, 2.24) is 20.2 Å². The van der Waals surface area contributed by atoms with Gasteiger partial charge in [-0.3, -0.25) is 9.59 Å². The standard InChI is InChI=1S/C25H25ClN6O2/c1-14-12-32(13-15(2)28-14)24(34)16-3-6-19(7-4-16)29-25-27-11-17-9-22(33)30-21-10-18(26)5-8-20(21)23(17)31-25/h3-8,10-11,14-15,28H,9,12-13H2,1-2H3,(H,30,33)(H,27,29,31)/t14-,15?/m1/s1. The molecule has 0 radical (unpaired) electrons. The third kappa shape index (κ3) is 4.60. The van der Waals surface area contributed by atoms with Crippen LogP contribution in [-0.4, -0.2) is 51.9 Å². The molecule has 0 aliphatic carbocycles. The smallest absolute Gasteiger partial charge is 0.253 e. The van der Waals surface area contributed by atoms with E-state index in [9.17, 15) is 9.59 Å². The fourth-order valence-corrected chi connectivity index (χ4v) is 4.70. The Hall–Kier alpha value is -3.49. The van der Waals surface area contributed by atoms with Crippen LogP contribution in [0.2, 0.25) is 5.02 Å². The summed E-state index contributed by atoms with van der Waals surface area (Å²) in [4.78, 5) is 36.2. The zero-order chi connectivity index (χ0) is 23.8. The van der Waals surface area contributed by atoms with Crippen LogP contribution in [0.1, 0.15) is 29.8 Å². The van der Waals surface area contributed by atoms with Crippen LogP contribution in [0.4, 0.5) is 17.3 Å². The van der Waals surface area contributed by atoms with E-state index >= 15 is 0 Å². The minimum atomic E-state index is -0.139. The second kappa shape index (κ2) is 9.04. The molecule has 2 atom stereocenters. The van der Waals surface area contributed by atoms with Gasteiger partial charge >= 0.3 is 0 Å². The topological polar surface area (TPSA) is 99.2 Å². The molecule has 8 nitrogen and oxygen atoms in total. The average molecular weight is 477 g/mol. The Kier molecular flexibility index (Phi) is 5.93. The number of anilines is 3. The first kappa shape index (κ1) is 22.3. The molecule has 3 aromatic rings. The molecule has 1 aromatic heterocycles. The van der Waals surface area contributed by atoms with E-state index in [0.717, 1.165) is 16.8 Å². The summed E-state index contributed by atoms with van der Waals surface area (Å²) in [5, 5.41) is 10.1. The summed E-state index contributed by atoms with van der Waals surface area (Å²) in [7, 11) is 0. The van der Waals surface area contributed by atoms with Crippen molar-refractivity contribution in [2.45, 2.75) is 32.4 Å². The van der Waals surface area contributed by atoms with Crippen molar-refractivity contribution in [3.63, 3.8) is 0 Å². The highest BCUT2D eigenvalue weighted by molar-refractivity contribution is 6.31. The zero-order valence-corrected chi connectivity index (χ0v) is 19.7. The Morgan fingerprint density at radius 3 is 2.59 bits per heavy atom. The van der Waals surface area contributed by atoms with Crippen molar-refractivity contribution in [2.24, 2.45) is 0 Å². The molecule has 34 heavy (non-hydrogen) atoms. The molecular formula is C25H25ClN6O2. The lowest BCUT2D eigenvalue weighted by Crippen LogP contribution is -2.55. The van der Waals surface area contributed by atoms with Gasteiger partial charge in [0, 0.05) is 58.8 Å². The summed E-state index contributed by atoms with van der Waals surface area (Å²) in [6.07, 6.45) is 1.85. The molecule has 9 heteroatoms. The number of hydrogen-bond donors (Lipinski definition) is 3. The highest BCUT2D eigenvalue weighted by atomic mass is 35.5. The van der Waals surface area contributed by atoms with Crippen LogP contribution in [0, 0.1) is 0 Å². The minimum Gasteiger partial charge on any atom is -0.336 e. The normalized spacial score (nSPS) is 19.5. The highest BCUT2D eigenvalue weighted by Crippen LogP contribution is 2.34. The number of fused-ring (bicyclic) bond motifs is 3. The highest BCUT2D eigenvalue weighted by Gasteiger charge is 2.25. The van der Waals surface area contributed by atoms with Gasteiger partial charge in [0.15, 0.2) is 0 Å². The van der Waals surface area contributed by atoms with Gasteiger partial charge in [-0.2, -0.15) is 0 Å². The molecule has 5 rings (SSSR count). The third-order valence-electron chi connectivity index (χ3n) is 5.96. The van der Waals surface area contributed by atoms with Crippen LogP contribution in [0.15, 0.2) is 48.7 Å². The maximum atomic E-state index is 12.9. The van der Waals surface area contributed by atoms with E-state index < -0.39 is 0 Å². The van der Waals surface area contributed by atoms with Crippen molar-refractivity contribution in [3.05, 3.63) is 64.8 Å². The van der Waals surface area contributed by atoms with Crippen molar-refractivity contribution in [1.29, 1.82) is 0 Å². The Bertz CT molecular complexity index is 1250. The van der Waals surface area contributed by atoms with Gasteiger partial charge in [-0.25, -0.2) is 9.97 Å². The summed E-state index contributed by atoms with van der Waals surface area (Å²) < 4.78 is 0. The van der Waals surface area contributed by atoms with Gasteiger partial charge < -0.3 is 20.9 Å². The number of benzene rings is 2. The molecule has 0 spiro atoms. The number of carbonyl (C=O) groups is 2. The lowest BCUT2D eigenvalue weighted by molar-refractivity contribution is -0.115. The predicted molar refractivity (Wildman–Crippen MR) is 132 cm³/mol. The molecule has 1 saturated heterocycles. The molecular weight excluding hydrogens is 452 g/mol. The van der Waals surface area contributed by atoms with Crippen LogP contribution in [0.25, 0.3) is 11.3 Å². The number of nitrogens with one attached hydrogen (secondary N) is 3. The average Bonchev–Trinajstić information content (AvgIpc) is 2.93. The van der Waals surface area contributed by atoms with E-state index in [1.165, 1.54) is 0 Å². The Morgan fingerprint density at radius 1 is 1.12 bits per heavy atom. The van der Waals surface area contributed by atoms with Gasteiger partial charge in [0.25, 0.3) is 5.91 Å². The molecule has 3 N–H and O–H groups in total. The zero-order valence-electron chi connectivity index (χ0n) is 18.9. The number of amides is 2. The summed E-state index contributed by atoms with van der Waals surface area (Å²) in [5.74, 6) is 0.290. The number of piperazine rings is 1. The van der Waals surface area contributed by atoms with E-state index in [-0.39, 0.29) is 30.3 Å². The SMILES string of the molecule is CC1CN(C(=O)c2ccc(Nc3ncc4c(n3)-c3ccc(Cl)cc3NC(=O)C4)cc2)C[C@@H](C)N1. The van der Waals surface area contributed by atoms with Crippen molar-refractivity contribution in [3.8, 4) is 11.3 Å². The lowest BCUT2D eigenvalue weighted by atomic mass is 10.1. The van der Waals surface area contributed by atoms with Crippen LogP contribution in [0.3, 0.4) is 0 Å². The van der Waals surface area contributed by atoms with Gasteiger partial charge in [0.1, 0.15) is 0 Å². The first-order valence-corrected chi connectivity index (χ1v) is 11.6. The maximum absolute atomic E-state index is 12.9. The van der Waals surface area contributed by atoms with E-state index in [0.29, 0.717) is 41.0 Å². The molecule has 1 unspecified atom stereocenters. The predicted octanol–water partition coefficient (Wildman–Crippen LogP) is 3.86. The Balaban J connectivity index is 1.36. The van der Waals surface area contributed by atoms with E-state index in [4.69, 9.17) is 11.6 Å². The number of nitrogens with zero attached hydrogens (tertiary/aromatic N) is 3. The summed E-state index contributed by atoms with van der Waals surface area (Å²) in [6.45, 7) is 5.55. The molecule has 3 heterocycles. The summed E-state index contributed by atoms with van der Waals surface area (Å²) in [6, 6.07) is 13.2. The fourth-order valence-electron chi connectivity index (χ4n) is 4.52. The number of hydrogen-bond acceptors (Lipinski definition) is 6. The van der Waals surface area contributed by atoms with Crippen molar-refractivity contribution >= 4 is 40.7 Å². The minimum absolute atomic E-state index is 0.0282. The first-order chi connectivity index (χ1) is 16.4. The molecule has 2 aliphatic rings. The first-order valence-electron chi connectivity index (χ1n) is 11.2. The van der Waals surface area contributed by atoms with Gasteiger partial charge in [0.2, 0.25) is 11.9 Å².